The highest BCUT2D eigenvalue weighted by molar-refractivity contribution is 8.13. The summed E-state index contributed by atoms with van der Waals surface area (Å²) in [4.78, 5) is 11.4. The molecular formula is C21H35FN4O4S. The van der Waals surface area contributed by atoms with Crippen LogP contribution in [0, 0.1) is 5.41 Å². The molecule has 0 aromatic carbocycles. The fourth-order valence-electron chi connectivity index (χ4n) is 3.12. The number of nitrogens with one attached hydrogen (secondary N) is 2. The van der Waals surface area contributed by atoms with E-state index in [1.165, 1.54) is 18.0 Å². The second-order valence-corrected chi connectivity index (χ2v) is 8.00. The van der Waals surface area contributed by atoms with Gasteiger partial charge in [-0.15, -0.1) is 0 Å². The molecule has 4 atom stereocenters. The van der Waals surface area contributed by atoms with Crippen LogP contribution < -0.4 is 0 Å². The van der Waals surface area contributed by atoms with Gasteiger partial charge in [0.15, 0.2) is 17.2 Å². The monoisotopic (exact) mass is 458 g/mol. The maximum Gasteiger partial charge on any atom is 0.260 e. The Labute approximate surface area is 188 Å². The standard InChI is InChI=1S/C21H35FN4O4S/c1-5-8-10-27-13-15-18(29-11-9-6-2)16(22)17(30-15)14-12-24-19(25-14)20(28-7-3)26-21(23)31-4/h12,15-18,23H,5-11,13H2,1-4H3,(H,24,25)/b23-21?,26-20+/t15-,16+,17+,18-/m1/s1. The second kappa shape index (κ2) is 13.8. The van der Waals surface area contributed by atoms with E-state index < -0.39 is 24.5 Å². The molecule has 176 valence electrons. The average Bonchev–Trinajstić information content (AvgIpc) is 3.36. The molecule has 0 amide bonds. The van der Waals surface area contributed by atoms with Crippen LogP contribution in [0.2, 0.25) is 0 Å². The van der Waals surface area contributed by atoms with Crippen LogP contribution >= 0.6 is 11.8 Å². The summed E-state index contributed by atoms with van der Waals surface area (Å²) in [5.41, 5.74) is 0.478. The van der Waals surface area contributed by atoms with Crippen molar-refractivity contribution in [3.63, 3.8) is 0 Å². The van der Waals surface area contributed by atoms with Crippen molar-refractivity contribution in [2.24, 2.45) is 4.99 Å². The van der Waals surface area contributed by atoms with E-state index in [0.29, 0.717) is 31.3 Å². The predicted molar refractivity (Wildman–Crippen MR) is 121 cm³/mol. The van der Waals surface area contributed by atoms with Crippen molar-refractivity contribution >= 4 is 22.8 Å². The number of ether oxygens (including phenoxy) is 4. The van der Waals surface area contributed by atoms with Gasteiger partial charge < -0.3 is 23.9 Å². The van der Waals surface area contributed by atoms with Gasteiger partial charge in [-0.1, -0.05) is 38.5 Å². The van der Waals surface area contributed by atoms with Crippen LogP contribution in [0.1, 0.15) is 64.1 Å². The van der Waals surface area contributed by atoms with Crippen LogP contribution in [-0.4, -0.2) is 72.1 Å². The topological polar surface area (TPSA) is 102 Å². The number of halogens is 1. The molecule has 2 heterocycles. The lowest BCUT2D eigenvalue weighted by molar-refractivity contribution is -0.0671. The van der Waals surface area contributed by atoms with Gasteiger partial charge in [0.05, 0.1) is 25.1 Å². The quantitative estimate of drug-likeness (QED) is 0.276. The van der Waals surface area contributed by atoms with E-state index >= 15 is 4.39 Å². The molecule has 0 saturated carbocycles. The Hall–Kier alpha value is -1.49. The lowest BCUT2D eigenvalue weighted by atomic mass is 10.1. The summed E-state index contributed by atoms with van der Waals surface area (Å²) < 4.78 is 38.4. The Bertz CT molecular complexity index is 703. The summed E-state index contributed by atoms with van der Waals surface area (Å²) in [6.07, 6.45) is 3.69. The van der Waals surface area contributed by atoms with E-state index in [1.807, 2.05) is 6.92 Å². The van der Waals surface area contributed by atoms with Gasteiger partial charge in [-0.25, -0.2) is 9.37 Å². The van der Waals surface area contributed by atoms with Crippen molar-refractivity contribution in [3.8, 4) is 0 Å². The van der Waals surface area contributed by atoms with E-state index in [9.17, 15) is 0 Å². The molecule has 1 aromatic heterocycles. The zero-order valence-electron chi connectivity index (χ0n) is 18.9. The number of imidazole rings is 1. The molecule has 0 aliphatic carbocycles. The molecule has 1 aromatic rings. The first-order valence-electron chi connectivity index (χ1n) is 10.9. The largest absolute Gasteiger partial charge is 0.475 e. The molecule has 0 bridgehead atoms. The summed E-state index contributed by atoms with van der Waals surface area (Å²) in [5.74, 6) is 0.522. The van der Waals surface area contributed by atoms with E-state index in [-0.39, 0.29) is 17.7 Å². The van der Waals surface area contributed by atoms with Gasteiger partial charge in [-0.05, 0) is 26.0 Å². The van der Waals surface area contributed by atoms with Crippen LogP contribution in [0.4, 0.5) is 4.39 Å². The number of unbranched alkanes of at least 4 members (excludes halogenated alkanes) is 2. The SMILES string of the molecule is CCCCOC[C@H]1O[C@@H](c2cnc(/C(=N\C(=N)SC)OCC)[nH]2)[C@H](F)[C@@H]1OCCCC. The van der Waals surface area contributed by atoms with Gasteiger partial charge >= 0.3 is 0 Å². The number of aromatic nitrogens is 2. The van der Waals surface area contributed by atoms with Crippen molar-refractivity contribution in [2.45, 2.75) is 70.9 Å². The Balaban J connectivity index is 2.14. The number of alkyl halides is 1. The Morgan fingerprint density at radius 3 is 2.71 bits per heavy atom. The van der Waals surface area contributed by atoms with Crippen molar-refractivity contribution in [1.29, 1.82) is 5.41 Å². The molecule has 8 nitrogen and oxygen atoms in total. The third kappa shape index (κ3) is 7.55. The molecule has 1 aliphatic rings. The third-order valence-electron chi connectivity index (χ3n) is 4.81. The fourth-order valence-corrected chi connectivity index (χ4v) is 3.30. The number of hydrogen-bond acceptors (Lipinski definition) is 7. The number of nitrogens with zero attached hydrogens (tertiary/aromatic N) is 2. The van der Waals surface area contributed by atoms with E-state index in [2.05, 4.69) is 28.8 Å². The van der Waals surface area contributed by atoms with Gasteiger partial charge in [-0.2, -0.15) is 4.99 Å². The first kappa shape index (κ1) is 25.8. The van der Waals surface area contributed by atoms with Gasteiger partial charge in [0.2, 0.25) is 0 Å². The van der Waals surface area contributed by atoms with Crippen molar-refractivity contribution in [1.82, 2.24) is 9.97 Å². The maximum atomic E-state index is 15.4. The maximum absolute atomic E-state index is 15.4. The first-order valence-corrected chi connectivity index (χ1v) is 12.2. The highest BCUT2D eigenvalue weighted by Gasteiger charge is 2.47. The molecule has 0 spiro atoms. The number of aromatic amines is 1. The van der Waals surface area contributed by atoms with E-state index in [4.69, 9.17) is 24.4 Å². The summed E-state index contributed by atoms with van der Waals surface area (Å²) in [5, 5.41) is 7.86. The molecule has 0 unspecified atom stereocenters. The van der Waals surface area contributed by atoms with Gasteiger partial charge in [0.25, 0.3) is 5.90 Å². The van der Waals surface area contributed by atoms with Crippen LogP contribution in [0.25, 0.3) is 0 Å². The molecule has 1 saturated heterocycles. The molecule has 1 fully saturated rings. The molecule has 31 heavy (non-hydrogen) atoms. The minimum Gasteiger partial charge on any atom is -0.475 e. The van der Waals surface area contributed by atoms with Crippen LogP contribution in [0.3, 0.4) is 0 Å². The summed E-state index contributed by atoms with van der Waals surface area (Å²) in [6, 6.07) is 0. The number of hydrogen-bond donors (Lipinski definition) is 2. The number of rotatable bonds is 12. The summed E-state index contributed by atoms with van der Waals surface area (Å²) >= 11 is 1.19. The Kier molecular flexibility index (Phi) is 11.5. The summed E-state index contributed by atoms with van der Waals surface area (Å²) in [6.45, 7) is 7.73. The van der Waals surface area contributed by atoms with Crippen molar-refractivity contribution in [3.05, 3.63) is 17.7 Å². The van der Waals surface area contributed by atoms with Crippen LogP contribution in [0.5, 0.6) is 0 Å². The molecular weight excluding hydrogens is 423 g/mol. The van der Waals surface area contributed by atoms with Crippen LogP contribution in [-0.2, 0) is 18.9 Å². The Morgan fingerprint density at radius 2 is 2.03 bits per heavy atom. The molecule has 0 radical (unpaired) electrons. The second-order valence-electron chi connectivity index (χ2n) is 7.20. The van der Waals surface area contributed by atoms with Crippen molar-refractivity contribution < 1.29 is 23.3 Å². The lowest BCUT2D eigenvalue weighted by Gasteiger charge is -2.20. The van der Waals surface area contributed by atoms with Crippen LogP contribution in [0.15, 0.2) is 11.2 Å². The molecule has 2 N–H and O–H groups in total. The fraction of sp³-hybridized carbons (Fsp3) is 0.762. The first-order chi connectivity index (χ1) is 15.0. The van der Waals surface area contributed by atoms with Crippen molar-refractivity contribution in [2.75, 3.05) is 32.7 Å². The van der Waals surface area contributed by atoms with Gasteiger partial charge in [0.1, 0.15) is 18.3 Å². The van der Waals surface area contributed by atoms with E-state index in [1.54, 1.807) is 6.26 Å². The predicted octanol–water partition coefficient (Wildman–Crippen LogP) is 4.27. The zero-order chi connectivity index (χ0) is 22.6. The highest BCUT2D eigenvalue weighted by Crippen LogP contribution is 2.37. The number of thioether (sulfide) groups is 1. The minimum atomic E-state index is -1.36. The van der Waals surface area contributed by atoms with Gasteiger partial charge in [0, 0.05) is 13.2 Å². The average molecular weight is 459 g/mol. The lowest BCUT2D eigenvalue weighted by Crippen LogP contribution is -2.34. The normalized spacial score (nSPS) is 24.0. The Morgan fingerprint density at radius 1 is 1.29 bits per heavy atom. The zero-order valence-corrected chi connectivity index (χ0v) is 19.7. The molecule has 1 aliphatic heterocycles. The number of amidine groups is 1. The number of H-pyrrole nitrogens is 1. The minimum absolute atomic E-state index is 0.0931. The van der Waals surface area contributed by atoms with E-state index in [0.717, 1.165) is 25.7 Å². The highest BCUT2D eigenvalue weighted by atomic mass is 32.2. The molecule has 10 heteroatoms. The summed E-state index contributed by atoms with van der Waals surface area (Å²) in [7, 11) is 0. The number of aliphatic imine (C=N–C) groups is 1. The van der Waals surface area contributed by atoms with Gasteiger partial charge in [-0.3, -0.25) is 5.41 Å². The third-order valence-corrected chi connectivity index (χ3v) is 5.28. The molecule has 2 rings (SSSR count). The smallest absolute Gasteiger partial charge is 0.260 e.